The van der Waals surface area contributed by atoms with Crippen LogP contribution in [0, 0.1) is 23.3 Å². The van der Waals surface area contributed by atoms with E-state index in [1.54, 1.807) is 12.2 Å². The van der Waals surface area contributed by atoms with Gasteiger partial charge in [-0.1, -0.05) is 23.2 Å². The van der Waals surface area contributed by atoms with Crippen molar-refractivity contribution in [3.8, 4) is 0 Å². The summed E-state index contributed by atoms with van der Waals surface area (Å²) in [6.45, 7) is 3.21. The Morgan fingerprint density at radius 2 is 1.65 bits per heavy atom. The summed E-state index contributed by atoms with van der Waals surface area (Å²) in [6, 6.07) is 2.89. The zero-order valence-corrected chi connectivity index (χ0v) is 15.2. The van der Waals surface area contributed by atoms with Crippen LogP contribution in [0.3, 0.4) is 0 Å². The van der Waals surface area contributed by atoms with Crippen LogP contribution < -0.4 is 10.6 Å². The highest BCUT2D eigenvalue weighted by molar-refractivity contribution is 6.35. The maximum atomic E-state index is 13.6. The van der Waals surface area contributed by atoms with Crippen LogP contribution in [0.4, 0.5) is 23.2 Å². The predicted molar refractivity (Wildman–Crippen MR) is 91.2 cm³/mol. The van der Waals surface area contributed by atoms with E-state index < -0.39 is 46.9 Å². The van der Waals surface area contributed by atoms with E-state index in [2.05, 4.69) is 5.32 Å². The van der Waals surface area contributed by atoms with Gasteiger partial charge in [0.25, 0.3) is 5.91 Å². The van der Waals surface area contributed by atoms with Crippen molar-refractivity contribution in [2.24, 2.45) is 0 Å². The van der Waals surface area contributed by atoms with Crippen molar-refractivity contribution in [3.05, 3.63) is 63.1 Å². The molecule has 0 heterocycles. The molecular weight excluding hydrogens is 395 g/mol. The Labute approximate surface area is 157 Å². The quantitative estimate of drug-likeness (QED) is 0.433. The van der Waals surface area contributed by atoms with Crippen LogP contribution in [0.15, 0.2) is 24.3 Å². The maximum absolute atomic E-state index is 13.6. The van der Waals surface area contributed by atoms with Crippen molar-refractivity contribution < 1.29 is 27.7 Å². The Morgan fingerprint density at radius 1 is 1.00 bits per heavy atom. The van der Waals surface area contributed by atoms with Crippen LogP contribution in [-0.4, -0.2) is 11.9 Å². The molecule has 2 atom stereocenters. The third-order valence-electron chi connectivity index (χ3n) is 3.81. The predicted octanol–water partition coefficient (Wildman–Crippen LogP) is 4.20. The topological polar surface area (TPSA) is 45.7 Å². The van der Waals surface area contributed by atoms with Crippen LogP contribution in [0.25, 0.3) is 0 Å². The highest BCUT2D eigenvalue weighted by Crippen LogP contribution is 2.27. The second-order valence-corrected chi connectivity index (χ2v) is 6.58. The van der Waals surface area contributed by atoms with E-state index in [0.717, 1.165) is 6.07 Å². The minimum absolute atomic E-state index is 0.120. The number of carbonyl (C=O) groups is 1. The molecule has 0 aliphatic carbocycles. The minimum Gasteiger partial charge on any atom is -0.330 e. The van der Waals surface area contributed by atoms with Crippen molar-refractivity contribution in [2.75, 3.05) is 5.32 Å². The van der Waals surface area contributed by atoms with Crippen molar-refractivity contribution in [1.29, 1.82) is 0 Å². The number of nitrogens with one attached hydrogen (secondary N) is 1. The number of amides is 1. The molecule has 3 N–H and O–H groups in total. The zero-order valence-electron chi connectivity index (χ0n) is 13.7. The molecule has 2 aromatic rings. The Kier molecular flexibility index (Phi) is 6.49. The molecule has 0 fully saturated rings. The number of anilines is 1. The van der Waals surface area contributed by atoms with Crippen LogP contribution >= 0.6 is 23.2 Å². The molecule has 0 radical (unpaired) electrons. The molecule has 0 aliphatic heterocycles. The van der Waals surface area contributed by atoms with Gasteiger partial charge in [0.05, 0.1) is 15.7 Å². The number of carbonyl (C=O) groups excluding carboxylic acids is 1. The van der Waals surface area contributed by atoms with Gasteiger partial charge in [-0.2, -0.15) is 0 Å². The lowest BCUT2D eigenvalue weighted by Crippen LogP contribution is -2.91. The fourth-order valence-electron chi connectivity index (χ4n) is 2.38. The monoisotopic (exact) mass is 409 g/mol. The molecule has 0 bridgehead atoms. The number of rotatable bonds is 5. The van der Waals surface area contributed by atoms with Gasteiger partial charge in [0.15, 0.2) is 23.5 Å². The molecule has 26 heavy (non-hydrogen) atoms. The number of benzene rings is 2. The van der Waals surface area contributed by atoms with E-state index in [1.807, 2.05) is 0 Å². The van der Waals surface area contributed by atoms with Crippen LogP contribution in [0.1, 0.15) is 25.5 Å². The largest absolute Gasteiger partial charge is 0.330 e. The summed E-state index contributed by atoms with van der Waals surface area (Å²) < 4.78 is 53.4. The first-order valence-electron chi connectivity index (χ1n) is 7.55. The van der Waals surface area contributed by atoms with Gasteiger partial charge in [0, 0.05) is 5.56 Å². The Hall–Kier alpha value is -1.83. The molecule has 0 aromatic heterocycles. The number of halogens is 6. The normalized spacial score (nSPS) is 13.4. The van der Waals surface area contributed by atoms with E-state index in [0.29, 0.717) is 11.6 Å². The fourth-order valence-corrected chi connectivity index (χ4v) is 2.94. The van der Waals surface area contributed by atoms with Gasteiger partial charge in [-0.15, -0.1) is 0 Å². The second kappa shape index (κ2) is 8.24. The first-order chi connectivity index (χ1) is 12.1. The lowest BCUT2D eigenvalue weighted by Gasteiger charge is -2.18. The average molecular weight is 410 g/mol. The van der Waals surface area contributed by atoms with Crippen molar-refractivity contribution in [2.45, 2.75) is 25.9 Å². The molecule has 0 saturated carbocycles. The average Bonchev–Trinajstić information content (AvgIpc) is 2.58. The Bertz CT molecular complexity index is 848. The SMILES string of the molecule is C[C@H]([NH2+][C@H](C)c1cc(F)c(Cl)cc1Cl)C(=O)Nc1ccc(F)c(F)c1F. The number of hydrogen-bond donors (Lipinski definition) is 2. The summed E-state index contributed by atoms with van der Waals surface area (Å²) in [4.78, 5) is 12.2. The fraction of sp³-hybridized carbons (Fsp3) is 0.235. The van der Waals surface area contributed by atoms with E-state index >= 15 is 0 Å². The summed E-state index contributed by atoms with van der Waals surface area (Å²) in [6.07, 6.45) is 0. The van der Waals surface area contributed by atoms with Gasteiger partial charge in [-0.25, -0.2) is 17.6 Å². The molecule has 2 rings (SSSR count). The summed E-state index contributed by atoms with van der Waals surface area (Å²) >= 11 is 11.7. The molecule has 1 amide bonds. The number of nitrogens with two attached hydrogens (primary N) is 1. The maximum Gasteiger partial charge on any atom is 0.282 e. The lowest BCUT2D eigenvalue weighted by molar-refractivity contribution is -0.709. The molecular formula is C17H15Cl2F4N2O+. The minimum atomic E-state index is -1.67. The molecule has 0 saturated heterocycles. The standard InChI is InChI=1S/C17H14Cl2F4N2O/c1-7(9-5-13(21)11(19)6-10(9)18)24-8(2)17(26)25-14-4-3-12(20)15(22)16(14)23/h3-8,24H,1-2H3,(H,25,26)/p+1/t7-,8+/m1/s1. The summed E-state index contributed by atoms with van der Waals surface area (Å²) in [5, 5.41) is 3.86. The first kappa shape index (κ1) is 20.5. The Morgan fingerprint density at radius 3 is 2.31 bits per heavy atom. The molecule has 9 heteroatoms. The highest BCUT2D eigenvalue weighted by atomic mass is 35.5. The van der Waals surface area contributed by atoms with Crippen LogP contribution in [0.5, 0.6) is 0 Å². The number of quaternary nitrogens is 1. The number of hydrogen-bond acceptors (Lipinski definition) is 1. The van der Waals surface area contributed by atoms with E-state index in [9.17, 15) is 22.4 Å². The molecule has 0 unspecified atom stereocenters. The van der Waals surface area contributed by atoms with Gasteiger partial charge >= 0.3 is 0 Å². The van der Waals surface area contributed by atoms with E-state index in [4.69, 9.17) is 23.2 Å². The van der Waals surface area contributed by atoms with Gasteiger partial charge in [0.1, 0.15) is 11.9 Å². The second-order valence-electron chi connectivity index (χ2n) is 5.77. The Balaban J connectivity index is 2.10. The third kappa shape index (κ3) is 4.47. The van der Waals surface area contributed by atoms with Gasteiger partial charge < -0.3 is 10.6 Å². The summed E-state index contributed by atoms with van der Waals surface area (Å²) in [5.41, 5.74) is -0.0513. The zero-order chi connectivity index (χ0) is 19.6. The van der Waals surface area contributed by atoms with Crippen molar-refractivity contribution in [1.82, 2.24) is 0 Å². The molecule has 140 valence electrons. The van der Waals surface area contributed by atoms with Crippen LogP contribution in [0.2, 0.25) is 10.0 Å². The van der Waals surface area contributed by atoms with Crippen LogP contribution in [-0.2, 0) is 4.79 Å². The third-order valence-corrected chi connectivity index (χ3v) is 4.43. The van der Waals surface area contributed by atoms with Gasteiger partial charge in [0.2, 0.25) is 0 Å². The summed E-state index contributed by atoms with van der Waals surface area (Å²) in [7, 11) is 0. The van der Waals surface area contributed by atoms with Gasteiger partial charge in [-0.05, 0) is 38.1 Å². The lowest BCUT2D eigenvalue weighted by atomic mass is 10.1. The first-order valence-corrected chi connectivity index (χ1v) is 8.31. The molecule has 3 nitrogen and oxygen atoms in total. The molecule has 0 spiro atoms. The van der Waals surface area contributed by atoms with Gasteiger partial charge in [-0.3, -0.25) is 4.79 Å². The van der Waals surface area contributed by atoms with Crippen molar-refractivity contribution in [3.63, 3.8) is 0 Å². The molecule has 2 aromatic carbocycles. The van der Waals surface area contributed by atoms with Crippen molar-refractivity contribution >= 4 is 34.8 Å². The smallest absolute Gasteiger partial charge is 0.282 e. The van der Waals surface area contributed by atoms with E-state index in [-0.39, 0.29) is 10.0 Å². The van der Waals surface area contributed by atoms with E-state index in [1.165, 1.54) is 19.1 Å². The summed E-state index contributed by atoms with van der Waals surface area (Å²) in [5.74, 6) is -5.80. The highest BCUT2D eigenvalue weighted by Gasteiger charge is 2.24. The molecule has 0 aliphatic rings.